The van der Waals surface area contributed by atoms with Crippen LogP contribution in [0.5, 0.6) is 0 Å². The Morgan fingerprint density at radius 1 is 0.895 bits per heavy atom. The Morgan fingerprint density at radius 2 is 1.42 bits per heavy atom. The first-order valence-corrected chi connectivity index (χ1v) is 6.78. The number of rotatable bonds is 1. The van der Waals surface area contributed by atoms with Gasteiger partial charge in [-0.05, 0) is 25.0 Å². The van der Waals surface area contributed by atoms with Crippen LogP contribution in [-0.2, 0) is 4.79 Å². The Morgan fingerprint density at radius 3 is 1.95 bits per heavy atom. The van der Waals surface area contributed by atoms with E-state index in [2.05, 4.69) is 0 Å². The maximum Gasteiger partial charge on any atom is 0.253 e. The van der Waals surface area contributed by atoms with E-state index in [1.165, 1.54) is 0 Å². The first-order valence-electron chi connectivity index (χ1n) is 6.78. The summed E-state index contributed by atoms with van der Waals surface area (Å²) in [7, 11) is 0. The van der Waals surface area contributed by atoms with Gasteiger partial charge in [0.05, 0.1) is 0 Å². The third-order valence-corrected chi connectivity index (χ3v) is 3.47. The van der Waals surface area contributed by atoms with E-state index in [4.69, 9.17) is 0 Å². The van der Waals surface area contributed by atoms with Crippen LogP contribution < -0.4 is 0 Å². The summed E-state index contributed by atoms with van der Waals surface area (Å²) in [6.45, 7) is 4.53. The monoisotopic (exact) mass is 260 g/mol. The van der Waals surface area contributed by atoms with Crippen LogP contribution in [0.4, 0.5) is 0 Å². The number of hydrogen-bond donors (Lipinski definition) is 0. The lowest BCUT2D eigenvalue weighted by Crippen LogP contribution is -2.41. The second kappa shape index (κ2) is 6.36. The molecule has 1 aromatic rings. The van der Waals surface area contributed by atoms with Crippen LogP contribution in [0.3, 0.4) is 0 Å². The van der Waals surface area contributed by atoms with Crippen LogP contribution >= 0.6 is 0 Å². The molecule has 0 unspecified atom stereocenters. The van der Waals surface area contributed by atoms with Gasteiger partial charge in [0, 0.05) is 38.7 Å². The highest BCUT2D eigenvalue weighted by molar-refractivity contribution is 5.94. The summed E-state index contributed by atoms with van der Waals surface area (Å²) in [5.41, 5.74) is 0.742. The fourth-order valence-corrected chi connectivity index (χ4v) is 2.41. The van der Waals surface area contributed by atoms with Crippen molar-refractivity contribution >= 4 is 11.8 Å². The number of amides is 2. The van der Waals surface area contributed by atoms with Crippen molar-refractivity contribution in [3.05, 3.63) is 35.9 Å². The van der Waals surface area contributed by atoms with Crippen molar-refractivity contribution in [2.24, 2.45) is 0 Å². The van der Waals surface area contributed by atoms with Gasteiger partial charge in [-0.15, -0.1) is 0 Å². The molecule has 2 rings (SSSR count). The Balaban J connectivity index is 1.96. The van der Waals surface area contributed by atoms with Crippen LogP contribution in [0.15, 0.2) is 30.3 Å². The average molecular weight is 260 g/mol. The Bertz CT molecular complexity index is 435. The molecule has 0 atom stereocenters. The van der Waals surface area contributed by atoms with Crippen LogP contribution in [-0.4, -0.2) is 47.8 Å². The van der Waals surface area contributed by atoms with E-state index in [9.17, 15) is 9.59 Å². The van der Waals surface area contributed by atoms with E-state index in [1.54, 1.807) is 6.92 Å². The standard InChI is InChI=1S/C15H20N2O2/c1-13(18)16-9-5-11-17(12-6-10-16)15(19)14-7-3-2-4-8-14/h2-4,7-8H,5-6,9-12H2,1H3. The van der Waals surface area contributed by atoms with E-state index < -0.39 is 0 Å². The van der Waals surface area contributed by atoms with Crippen LogP contribution in [0, 0.1) is 0 Å². The molecule has 1 fully saturated rings. The summed E-state index contributed by atoms with van der Waals surface area (Å²) in [6.07, 6.45) is 1.69. The van der Waals surface area contributed by atoms with E-state index >= 15 is 0 Å². The van der Waals surface area contributed by atoms with E-state index in [-0.39, 0.29) is 11.8 Å². The molecule has 4 nitrogen and oxygen atoms in total. The Labute approximate surface area is 114 Å². The van der Waals surface area contributed by atoms with Crippen molar-refractivity contribution < 1.29 is 9.59 Å². The molecule has 2 amide bonds. The number of hydrogen-bond acceptors (Lipinski definition) is 2. The van der Waals surface area contributed by atoms with Gasteiger partial charge in [0.25, 0.3) is 5.91 Å². The van der Waals surface area contributed by atoms with Crippen LogP contribution in [0.25, 0.3) is 0 Å². The van der Waals surface area contributed by atoms with Gasteiger partial charge in [-0.25, -0.2) is 0 Å². The minimum Gasteiger partial charge on any atom is -0.343 e. The topological polar surface area (TPSA) is 40.6 Å². The summed E-state index contributed by atoms with van der Waals surface area (Å²) >= 11 is 0. The van der Waals surface area contributed by atoms with Crippen molar-refractivity contribution in [2.75, 3.05) is 26.2 Å². The zero-order chi connectivity index (χ0) is 13.7. The summed E-state index contributed by atoms with van der Waals surface area (Å²) in [4.78, 5) is 27.4. The number of nitrogens with zero attached hydrogens (tertiary/aromatic N) is 2. The molecule has 0 aliphatic carbocycles. The quantitative estimate of drug-likeness (QED) is 0.772. The van der Waals surface area contributed by atoms with Gasteiger partial charge in [-0.2, -0.15) is 0 Å². The van der Waals surface area contributed by atoms with E-state index in [0.717, 1.165) is 44.6 Å². The van der Waals surface area contributed by atoms with Gasteiger partial charge in [0.1, 0.15) is 0 Å². The SMILES string of the molecule is CC(=O)N1CCCN(C(=O)c2ccccc2)CCC1. The van der Waals surface area contributed by atoms with Crippen molar-refractivity contribution in [3.63, 3.8) is 0 Å². The molecule has 102 valence electrons. The Hall–Kier alpha value is -1.84. The number of benzene rings is 1. The summed E-state index contributed by atoms with van der Waals surface area (Å²) < 4.78 is 0. The zero-order valence-corrected chi connectivity index (χ0v) is 11.3. The second-order valence-corrected chi connectivity index (χ2v) is 4.87. The lowest BCUT2D eigenvalue weighted by atomic mass is 10.1. The molecule has 0 N–H and O–H groups in total. The smallest absolute Gasteiger partial charge is 0.253 e. The maximum atomic E-state index is 12.3. The third kappa shape index (κ3) is 3.56. The zero-order valence-electron chi connectivity index (χ0n) is 11.3. The largest absolute Gasteiger partial charge is 0.343 e. The molecule has 1 heterocycles. The maximum absolute atomic E-state index is 12.3. The van der Waals surface area contributed by atoms with Gasteiger partial charge in [-0.3, -0.25) is 9.59 Å². The van der Waals surface area contributed by atoms with Gasteiger partial charge in [0.15, 0.2) is 0 Å². The first kappa shape index (κ1) is 13.6. The normalized spacial score (nSPS) is 16.7. The van der Waals surface area contributed by atoms with Gasteiger partial charge >= 0.3 is 0 Å². The van der Waals surface area contributed by atoms with Gasteiger partial charge in [-0.1, -0.05) is 18.2 Å². The van der Waals surface area contributed by atoms with Gasteiger partial charge in [0.2, 0.25) is 5.91 Å². The lowest BCUT2D eigenvalue weighted by Gasteiger charge is -2.30. The van der Waals surface area contributed by atoms with Crippen molar-refractivity contribution in [3.8, 4) is 0 Å². The molecular formula is C15H20N2O2. The molecule has 0 bridgehead atoms. The number of carbonyl (C=O) groups is 2. The van der Waals surface area contributed by atoms with Crippen molar-refractivity contribution in [1.29, 1.82) is 0 Å². The average Bonchev–Trinajstić information content (AvgIpc) is 2.38. The predicted molar refractivity (Wildman–Crippen MR) is 73.8 cm³/mol. The molecule has 1 aromatic carbocycles. The fraction of sp³-hybridized carbons (Fsp3) is 0.467. The van der Waals surface area contributed by atoms with Gasteiger partial charge < -0.3 is 9.80 Å². The first-order chi connectivity index (χ1) is 9.18. The molecule has 0 saturated carbocycles. The third-order valence-electron chi connectivity index (χ3n) is 3.47. The molecule has 1 aliphatic rings. The summed E-state index contributed by atoms with van der Waals surface area (Å²) in [5.74, 6) is 0.222. The molecule has 0 spiro atoms. The van der Waals surface area contributed by atoms with Crippen LogP contribution in [0.2, 0.25) is 0 Å². The molecular weight excluding hydrogens is 240 g/mol. The highest BCUT2D eigenvalue weighted by Crippen LogP contribution is 2.09. The number of carbonyl (C=O) groups excluding carboxylic acids is 2. The lowest BCUT2D eigenvalue weighted by molar-refractivity contribution is -0.129. The molecule has 4 heteroatoms. The van der Waals surface area contributed by atoms with Crippen molar-refractivity contribution in [2.45, 2.75) is 19.8 Å². The predicted octanol–water partition coefficient (Wildman–Crippen LogP) is 1.77. The highest BCUT2D eigenvalue weighted by atomic mass is 16.2. The van der Waals surface area contributed by atoms with E-state index in [1.807, 2.05) is 40.1 Å². The van der Waals surface area contributed by atoms with E-state index in [0.29, 0.717) is 0 Å². The molecule has 1 aliphatic heterocycles. The van der Waals surface area contributed by atoms with Crippen LogP contribution in [0.1, 0.15) is 30.1 Å². The molecule has 0 aromatic heterocycles. The molecule has 0 radical (unpaired) electrons. The molecule has 19 heavy (non-hydrogen) atoms. The second-order valence-electron chi connectivity index (χ2n) is 4.87. The van der Waals surface area contributed by atoms with Crippen molar-refractivity contribution in [1.82, 2.24) is 9.80 Å². The fourth-order valence-electron chi connectivity index (χ4n) is 2.41. The summed E-state index contributed by atoms with van der Waals surface area (Å²) in [6, 6.07) is 9.38. The molecule has 1 saturated heterocycles. The highest BCUT2D eigenvalue weighted by Gasteiger charge is 2.19. The Kier molecular flexibility index (Phi) is 4.55. The summed E-state index contributed by atoms with van der Waals surface area (Å²) in [5, 5.41) is 0. The minimum absolute atomic E-state index is 0.0943. The minimum atomic E-state index is 0.0943.